The monoisotopic (exact) mass is 224 g/mol. The Labute approximate surface area is 104 Å². The number of aryl methyl sites for hydroxylation is 1. The van der Waals surface area contributed by atoms with Crippen LogP contribution in [0.2, 0.25) is 0 Å². The highest BCUT2D eigenvalue weighted by Gasteiger charge is 2.00. The molecule has 2 rings (SSSR count). The van der Waals surface area contributed by atoms with Gasteiger partial charge < -0.3 is 0 Å². The summed E-state index contributed by atoms with van der Waals surface area (Å²) in [6.07, 6.45) is 1.16. The number of rotatable bonds is 3. The Morgan fingerprint density at radius 3 is 2.18 bits per heavy atom. The molecule has 2 aromatic rings. The van der Waals surface area contributed by atoms with Gasteiger partial charge in [-0.25, -0.2) is 0 Å². The van der Waals surface area contributed by atoms with E-state index in [1.165, 1.54) is 22.3 Å². The zero-order valence-corrected chi connectivity index (χ0v) is 10.9. The van der Waals surface area contributed by atoms with Gasteiger partial charge in [0.25, 0.3) is 0 Å². The van der Waals surface area contributed by atoms with Gasteiger partial charge in [-0.1, -0.05) is 67.9 Å². The van der Waals surface area contributed by atoms with E-state index in [4.69, 9.17) is 0 Å². The van der Waals surface area contributed by atoms with E-state index in [1.54, 1.807) is 0 Å². The summed E-state index contributed by atoms with van der Waals surface area (Å²) < 4.78 is 0. The van der Waals surface area contributed by atoms with Gasteiger partial charge in [-0.3, -0.25) is 0 Å². The third kappa shape index (κ3) is 3.20. The molecule has 0 aliphatic heterocycles. The van der Waals surface area contributed by atoms with Gasteiger partial charge in [-0.05, 0) is 36.0 Å². The zero-order valence-electron chi connectivity index (χ0n) is 10.9. The fraction of sp³-hybridized carbons (Fsp3) is 0.294. The van der Waals surface area contributed by atoms with Crippen LogP contribution in [-0.2, 0) is 6.42 Å². The Bertz CT molecular complexity index is 478. The van der Waals surface area contributed by atoms with Crippen molar-refractivity contribution in [3.8, 4) is 11.1 Å². The van der Waals surface area contributed by atoms with E-state index in [1.807, 2.05) is 0 Å². The van der Waals surface area contributed by atoms with Gasteiger partial charge in [-0.15, -0.1) is 0 Å². The number of benzene rings is 2. The first-order chi connectivity index (χ1) is 8.15. The van der Waals surface area contributed by atoms with Crippen LogP contribution in [-0.4, -0.2) is 0 Å². The molecule has 0 N–H and O–H groups in total. The minimum Gasteiger partial charge on any atom is -0.0625 e. The molecule has 0 saturated carbocycles. The van der Waals surface area contributed by atoms with Crippen molar-refractivity contribution in [3.63, 3.8) is 0 Å². The average Bonchev–Trinajstić information content (AvgIpc) is 2.29. The lowest BCUT2D eigenvalue weighted by Gasteiger charge is -2.07. The normalized spacial score (nSPS) is 10.8. The molecule has 0 aliphatic rings. The van der Waals surface area contributed by atoms with Gasteiger partial charge in [0.05, 0.1) is 0 Å². The lowest BCUT2D eigenvalue weighted by atomic mass is 9.98. The van der Waals surface area contributed by atoms with Crippen LogP contribution in [0.5, 0.6) is 0 Å². The molecule has 0 unspecified atom stereocenters. The second-order valence-electron chi connectivity index (χ2n) is 5.16. The maximum Gasteiger partial charge on any atom is -0.0181 e. The van der Waals surface area contributed by atoms with Crippen LogP contribution in [0.15, 0.2) is 48.5 Å². The molecular weight excluding hydrogens is 204 g/mol. The molecule has 88 valence electrons. The SMILES string of the molecule is Cc1cccc(-c2ccc(CC(C)C)cc2)c1. The summed E-state index contributed by atoms with van der Waals surface area (Å²) in [6.45, 7) is 6.65. The molecule has 0 radical (unpaired) electrons. The van der Waals surface area contributed by atoms with Crippen LogP contribution in [0.4, 0.5) is 0 Å². The zero-order chi connectivity index (χ0) is 12.3. The summed E-state index contributed by atoms with van der Waals surface area (Å²) in [4.78, 5) is 0. The van der Waals surface area contributed by atoms with Crippen LogP contribution >= 0.6 is 0 Å². The van der Waals surface area contributed by atoms with E-state index >= 15 is 0 Å². The summed E-state index contributed by atoms with van der Waals surface area (Å²) in [7, 11) is 0. The van der Waals surface area contributed by atoms with Crippen molar-refractivity contribution in [1.82, 2.24) is 0 Å². The second-order valence-corrected chi connectivity index (χ2v) is 5.16. The quantitative estimate of drug-likeness (QED) is 0.698. The van der Waals surface area contributed by atoms with E-state index in [0.717, 1.165) is 12.3 Å². The van der Waals surface area contributed by atoms with E-state index < -0.39 is 0 Å². The Morgan fingerprint density at radius 2 is 1.59 bits per heavy atom. The van der Waals surface area contributed by atoms with E-state index in [-0.39, 0.29) is 0 Å². The molecule has 0 heterocycles. The first-order valence-electron chi connectivity index (χ1n) is 6.31. The van der Waals surface area contributed by atoms with E-state index in [0.29, 0.717) is 0 Å². The molecule has 0 nitrogen and oxygen atoms in total. The van der Waals surface area contributed by atoms with Crippen molar-refractivity contribution in [3.05, 3.63) is 59.7 Å². The highest BCUT2D eigenvalue weighted by Crippen LogP contribution is 2.21. The molecule has 0 amide bonds. The smallest absolute Gasteiger partial charge is 0.0181 e. The van der Waals surface area contributed by atoms with Crippen molar-refractivity contribution in [2.45, 2.75) is 27.2 Å². The molecule has 2 aromatic carbocycles. The summed E-state index contributed by atoms with van der Waals surface area (Å²) in [5.74, 6) is 0.722. The topological polar surface area (TPSA) is 0 Å². The van der Waals surface area contributed by atoms with Crippen molar-refractivity contribution >= 4 is 0 Å². The molecule has 0 atom stereocenters. The number of hydrogen-bond acceptors (Lipinski definition) is 0. The van der Waals surface area contributed by atoms with Crippen molar-refractivity contribution in [1.29, 1.82) is 0 Å². The maximum atomic E-state index is 2.26. The van der Waals surface area contributed by atoms with Crippen molar-refractivity contribution < 1.29 is 0 Å². The standard InChI is InChI=1S/C17H20/c1-13(2)11-15-7-9-16(10-8-15)17-6-4-5-14(3)12-17/h4-10,12-13H,11H2,1-3H3. The highest BCUT2D eigenvalue weighted by atomic mass is 14.1. The molecule has 0 heteroatoms. The summed E-state index contributed by atoms with van der Waals surface area (Å²) >= 11 is 0. The van der Waals surface area contributed by atoms with Crippen LogP contribution in [0.25, 0.3) is 11.1 Å². The van der Waals surface area contributed by atoms with Gasteiger partial charge >= 0.3 is 0 Å². The molecular formula is C17H20. The van der Waals surface area contributed by atoms with E-state index in [2.05, 4.69) is 69.3 Å². The Kier molecular flexibility index (Phi) is 3.63. The number of hydrogen-bond donors (Lipinski definition) is 0. The van der Waals surface area contributed by atoms with Gasteiger partial charge in [0.2, 0.25) is 0 Å². The lowest BCUT2D eigenvalue weighted by molar-refractivity contribution is 0.647. The highest BCUT2D eigenvalue weighted by molar-refractivity contribution is 5.64. The van der Waals surface area contributed by atoms with Gasteiger partial charge in [0.1, 0.15) is 0 Å². The minimum atomic E-state index is 0.722. The summed E-state index contributed by atoms with van der Waals surface area (Å²) in [5.41, 5.74) is 5.35. The Morgan fingerprint density at radius 1 is 0.882 bits per heavy atom. The van der Waals surface area contributed by atoms with Gasteiger partial charge in [-0.2, -0.15) is 0 Å². The minimum absolute atomic E-state index is 0.722. The average molecular weight is 224 g/mol. The van der Waals surface area contributed by atoms with Crippen LogP contribution in [0.3, 0.4) is 0 Å². The fourth-order valence-electron chi connectivity index (χ4n) is 2.13. The second kappa shape index (κ2) is 5.18. The van der Waals surface area contributed by atoms with Crippen LogP contribution in [0, 0.1) is 12.8 Å². The van der Waals surface area contributed by atoms with Gasteiger partial charge in [0, 0.05) is 0 Å². The Hall–Kier alpha value is -1.56. The summed E-state index contributed by atoms with van der Waals surface area (Å²) in [6, 6.07) is 17.6. The first-order valence-corrected chi connectivity index (χ1v) is 6.31. The molecule has 0 spiro atoms. The molecule has 17 heavy (non-hydrogen) atoms. The third-order valence-electron chi connectivity index (χ3n) is 2.95. The Balaban J connectivity index is 2.23. The lowest BCUT2D eigenvalue weighted by Crippen LogP contribution is -1.93. The van der Waals surface area contributed by atoms with Gasteiger partial charge in [0.15, 0.2) is 0 Å². The molecule has 0 aromatic heterocycles. The molecule has 0 bridgehead atoms. The van der Waals surface area contributed by atoms with Crippen molar-refractivity contribution in [2.75, 3.05) is 0 Å². The van der Waals surface area contributed by atoms with Crippen LogP contribution in [0.1, 0.15) is 25.0 Å². The molecule has 0 fully saturated rings. The predicted molar refractivity (Wildman–Crippen MR) is 75.2 cm³/mol. The first kappa shape index (κ1) is 11.9. The largest absolute Gasteiger partial charge is 0.0625 e. The van der Waals surface area contributed by atoms with E-state index in [9.17, 15) is 0 Å². The fourth-order valence-corrected chi connectivity index (χ4v) is 2.13. The third-order valence-corrected chi connectivity index (χ3v) is 2.95. The molecule has 0 aliphatic carbocycles. The van der Waals surface area contributed by atoms with Crippen molar-refractivity contribution in [2.24, 2.45) is 5.92 Å². The summed E-state index contributed by atoms with van der Waals surface area (Å²) in [5, 5.41) is 0. The maximum absolute atomic E-state index is 2.26. The predicted octanol–water partition coefficient (Wildman–Crippen LogP) is 4.86. The van der Waals surface area contributed by atoms with Crippen LogP contribution < -0.4 is 0 Å². The molecule has 0 saturated heterocycles.